The molecule has 4 heteroatoms. The van der Waals surface area contributed by atoms with Crippen molar-refractivity contribution >= 4 is 22.9 Å². The second-order valence-corrected chi connectivity index (χ2v) is 5.40. The fourth-order valence-electron chi connectivity index (χ4n) is 1.76. The molecule has 17 heavy (non-hydrogen) atoms. The fourth-order valence-corrected chi connectivity index (χ4v) is 2.92. The number of hydrogen-bond donors (Lipinski definition) is 1. The van der Waals surface area contributed by atoms with Gasteiger partial charge in [-0.25, -0.2) is 4.39 Å². The minimum Gasteiger partial charge on any atom is -0.306 e. The van der Waals surface area contributed by atoms with E-state index in [0.29, 0.717) is 5.56 Å². The molecule has 0 aliphatic rings. The molecule has 0 saturated heterocycles. The zero-order chi connectivity index (χ0) is 12.3. The highest BCUT2D eigenvalue weighted by molar-refractivity contribution is 7.16. The van der Waals surface area contributed by atoms with Crippen LogP contribution in [0.3, 0.4) is 0 Å². The molecule has 0 radical (unpaired) electrons. The van der Waals surface area contributed by atoms with Crippen molar-refractivity contribution in [1.82, 2.24) is 5.32 Å². The van der Waals surface area contributed by atoms with Gasteiger partial charge in [0.2, 0.25) is 0 Å². The van der Waals surface area contributed by atoms with E-state index < -0.39 is 0 Å². The first-order valence-corrected chi connectivity index (χ1v) is 6.65. The number of benzene rings is 1. The van der Waals surface area contributed by atoms with Crippen molar-refractivity contribution in [2.24, 2.45) is 0 Å². The quantitative estimate of drug-likeness (QED) is 0.875. The standard InChI is InChI=1S/C13H13ClFNS/c1-2-16-13(11-7-8-12(14)17-11)9-5-3-4-6-10(9)15/h3-8,13,16H,2H2,1H3. The zero-order valence-corrected chi connectivity index (χ0v) is 11.0. The van der Waals surface area contributed by atoms with Gasteiger partial charge in [-0.3, -0.25) is 0 Å². The molecule has 1 aromatic carbocycles. The van der Waals surface area contributed by atoms with E-state index in [1.807, 2.05) is 25.1 Å². The van der Waals surface area contributed by atoms with Crippen molar-refractivity contribution in [1.29, 1.82) is 0 Å². The van der Waals surface area contributed by atoms with Crippen LogP contribution in [-0.2, 0) is 0 Å². The lowest BCUT2D eigenvalue weighted by Crippen LogP contribution is -2.22. The summed E-state index contributed by atoms with van der Waals surface area (Å²) in [7, 11) is 0. The molecule has 0 saturated carbocycles. The second-order valence-electron chi connectivity index (χ2n) is 3.65. The highest BCUT2D eigenvalue weighted by Crippen LogP contribution is 2.31. The fraction of sp³-hybridized carbons (Fsp3) is 0.231. The van der Waals surface area contributed by atoms with Crippen LogP contribution in [0.2, 0.25) is 4.34 Å². The van der Waals surface area contributed by atoms with E-state index in [9.17, 15) is 4.39 Å². The molecule has 0 aliphatic carbocycles. The zero-order valence-electron chi connectivity index (χ0n) is 9.41. The Labute approximate surface area is 109 Å². The third kappa shape index (κ3) is 2.86. The summed E-state index contributed by atoms with van der Waals surface area (Å²) < 4.78 is 14.5. The molecule has 0 fully saturated rings. The van der Waals surface area contributed by atoms with Crippen molar-refractivity contribution in [3.8, 4) is 0 Å². The van der Waals surface area contributed by atoms with Gasteiger partial charge in [-0.05, 0) is 24.7 Å². The first kappa shape index (κ1) is 12.6. The van der Waals surface area contributed by atoms with Crippen LogP contribution in [-0.4, -0.2) is 6.54 Å². The molecule has 1 nitrogen and oxygen atoms in total. The Hall–Kier alpha value is -0.900. The highest BCUT2D eigenvalue weighted by Gasteiger charge is 2.18. The Morgan fingerprint density at radius 1 is 1.29 bits per heavy atom. The number of thiophene rings is 1. The van der Waals surface area contributed by atoms with Crippen LogP contribution >= 0.6 is 22.9 Å². The second kappa shape index (κ2) is 5.63. The summed E-state index contributed by atoms with van der Waals surface area (Å²) in [6.45, 7) is 2.78. The van der Waals surface area contributed by atoms with Crippen LogP contribution in [0.5, 0.6) is 0 Å². The molecule has 2 rings (SSSR count). The molecular formula is C13H13ClFNS. The van der Waals surface area contributed by atoms with Crippen LogP contribution in [0.1, 0.15) is 23.4 Å². The summed E-state index contributed by atoms with van der Waals surface area (Å²) in [6, 6.07) is 10.5. The van der Waals surface area contributed by atoms with Gasteiger partial charge in [0.15, 0.2) is 0 Å². The van der Waals surface area contributed by atoms with Crippen LogP contribution in [0, 0.1) is 5.82 Å². The van der Waals surface area contributed by atoms with Crippen molar-refractivity contribution in [3.63, 3.8) is 0 Å². The van der Waals surface area contributed by atoms with Crippen LogP contribution in [0.4, 0.5) is 4.39 Å². The number of nitrogens with one attached hydrogen (secondary N) is 1. The molecule has 1 unspecified atom stereocenters. The van der Waals surface area contributed by atoms with E-state index in [1.165, 1.54) is 17.4 Å². The van der Waals surface area contributed by atoms with Crippen LogP contribution < -0.4 is 5.32 Å². The van der Waals surface area contributed by atoms with Gasteiger partial charge in [0, 0.05) is 10.4 Å². The topological polar surface area (TPSA) is 12.0 Å². The summed E-state index contributed by atoms with van der Waals surface area (Å²) >= 11 is 7.40. The Morgan fingerprint density at radius 3 is 2.65 bits per heavy atom. The minimum absolute atomic E-state index is 0.126. The Balaban J connectivity index is 2.39. The van der Waals surface area contributed by atoms with Crippen molar-refractivity contribution in [2.75, 3.05) is 6.54 Å². The highest BCUT2D eigenvalue weighted by atomic mass is 35.5. The van der Waals surface area contributed by atoms with E-state index in [2.05, 4.69) is 5.32 Å². The predicted molar refractivity (Wildman–Crippen MR) is 71.2 cm³/mol. The predicted octanol–water partition coefficient (Wildman–Crippen LogP) is 4.24. The van der Waals surface area contributed by atoms with E-state index >= 15 is 0 Å². The maximum atomic E-state index is 13.8. The Kier molecular flexibility index (Phi) is 4.15. The molecule has 2 aromatic rings. The smallest absolute Gasteiger partial charge is 0.128 e. The summed E-state index contributed by atoms with van der Waals surface area (Å²) in [5.41, 5.74) is 0.660. The molecule has 0 amide bonds. The minimum atomic E-state index is -0.192. The lowest BCUT2D eigenvalue weighted by atomic mass is 10.0. The summed E-state index contributed by atoms with van der Waals surface area (Å²) in [5, 5.41) is 3.28. The SMILES string of the molecule is CCNC(c1ccc(Cl)s1)c1ccccc1F. The normalized spacial score (nSPS) is 12.6. The van der Waals surface area contributed by atoms with Crippen LogP contribution in [0.25, 0.3) is 0 Å². The van der Waals surface area contributed by atoms with E-state index in [-0.39, 0.29) is 11.9 Å². The number of hydrogen-bond acceptors (Lipinski definition) is 2. The van der Waals surface area contributed by atoms with Crippen molar-refractivity contribution in [3.05, 3.63) is 57.0 Å². The van der Waals surface area contributed by atoms with Crippen molar-refractivity contribution < 1.29 is 4.39 Å². The van der Waals surface area contributed by atoms with Gasteiger partial charge in [0.1, 0.15) is 5.82 Å². The third-order valence-corrected chi connectivity index (χ3v) is 3.80. The molecular weight excluding hydrogens is 257 g/mol. The summed E-state index contributed by atoms with van der Waals surface area (Å²) in [5.74, 6) is -0.192. The Morgan fingerprint density at radius 2 is 2.06 bits per heavy atom. The van der Waals surface area contributed by atoms with E-state index in [0.717, 1.165) is 15.8 Å². The molecule has 0 bridgehead atoms. The first-order chi connectivity index (χ1) is 8.22. The van der Waals surface area contributed by atoms with Crippen LogP contribution in [0.15, 0.2) is 36.4 Å². The number of rotatable bonds is 4. The average Bonchev–Trinajstić information content (AvgIpc) is 2.74. The largest absolute Gasteiger partial charge is 0.306 e. The molecule has 1 aromatic heterocycles. The van der Waals surface area contributed by atoms with Gasteiger partial charge in [-0.15, -0.1) is 11.3 Å². The molecule has 90 valence electrons. The lowest BCUT2D eigenvalue weighted by Gasteiger charge is -2.17. The van der Waals surface area contributed by atoms with Gasteiger partial charge in [-0.2, -0.15) is 0 Å². The maximum absolute atomic E-state index is 13.8. The average molecular weight is 270 g/mol. The molecule has 1 atom stereocenters. The monoisotopic (exact) mass is 269 g/mol. The van der Waals surface area contributed by atoms with Gasteiger partial charge in [0.25, 0.3) is 0 Å². The summed E-state index contributed by atoms with van der Waals surface area (Å²) in [6.07, 6.45) is 0. The Bertz CT molecular complexity index is 498. The van der Waals surface area contributed by atoms with Gasteiger partial charge >= 0.3 is 0 Å². The maximum Gasteiger partial charge on any atom is 0.128 e. The molecule has 1 heterocycles. The molecule has 1 N–H and O–H groups in total. The summed E-state index contributed by atoms with van der Waals surface area (Å²) in [4.78, 5) is 1.03. The van der Waals surface area contributed by atoms with Crippen molar-refractivity contribution in [2.45, 2.75) is 13.0 Å². The molecule has 0 aliphatic heterocycles. The van der Waals surface area contributed by atoms with Gasteiger partial charge < -0.3 is 5.32 Å². The first-order valence-electron chi connectivity index (χ1n) is 5.45. The van der Waals surface area contributed by atoms with Gasteiger partial charge in [0.05, 0.1) is 10.4 Å². The van der Waals surface area contributed by atoms with Gasteiger partial charge in [-0.1, -0.05) is 36.7 Å². The van der Waals surface area contributed by atoms with E-state index in [1.54, 1.807) is 12.1 Å². The van der Waals surface area contributed by atoms with E-state index in [4.69, 9.17) is 11.6 Å². The molecule has 0 spiro atoms. The lowest BCUT2D eigenvalue weighted by molar-refractivity contribution is 0.563. The number of halogens is 2. The third-order valence-electron chi connectivity index (χ3n) is 2.50.